The van der Waals surface area contributed by atoms with Crippen LogP contribution in [-0.2, 0) is 20.8 Å². The summed E-state index contributed by atoms with van der Waals surface area (Å²) in [6.07, 6.45) is -0.0234. The van der Waals surface area contributed by atoms with E-state index in [1.807, 2.05) is 6.07 Å². The van der Waals surface area contributed by atoms with Crippen molar-refractivity contribution in [3.05, 3.63) is 89.7 Å². The second kappa shape index (κ2) is 9.33. The van der Waals surface area contributed by atoms with Crippen molar-refractivity contribution in [2.75, 3.05) is 19.1 Å². The van der Waals surface area contributed by atoms with Crippen LogP contribution in [0.4, 0.5) is 10.1 Å². The Labute approximate surface area is 212 Å². The minimum atomic E-state index is -1.77. The summed E-state index contributed by atoms with van der Waals surface area (Å²) in [5.41, 5.74) is -0.308. The molecule has 0 saturated carbocycles. The largest absolute Gasteiger partial charge is 0.493 e. The minimum Gasteiger partial charge on any atom is -0.493 e. The van der Waals surface area contributed by atoms with E-state index in [0.717, 1.165) is 17.0 Å². The van der Waals surface area contributed by atoms with Crippen molar-refractivity contribution in [2.45, 2.75) is 18.0 Å². The first-order chi connectivity index (χ1) is 17.8. The molecule has 4 atom stereocenters. The molecule has 190 valence electrons. The van der Waals surface area contributed by atoms with Crippen molar-refractivity contribution in [2.24, 2.45) is 11.8 Å². The van der Waals surface area contributed by atoms with Gasteiger partial charge in [0.05, 0.1) is 31.7 Å². The van der Waals surface area contributed by atoms with Crippen molar-refractivity contribution >= 4 is 23.5 Å². The number of methoxy groups -OCH3 is 2. The first-order valence-electron chi connectivity index (χ1n) is 11.7. The van der Waals surface area contributed by atoms with Crippen LogP contribution in [0, 0.1) is 17.7 Å². The number of hydrogen-bond donors (Lipinski definition) is 2. The number of rotatable bonds is 7. The summed E-state index contributed by atoms with van der Waals surface area (Å²) in [4.78, 5) is 41.6. The molecule has 0 radical (unpaired) electrons. The van der Waals surface area contributed by atoms with Gasteiger partial charge in [-0.15, -0.1) is 0 Å². The molecule has 3 aromatic carbocycles. The lowest BCUT2D eigenvalue weighted by Gasteiger charge is -2.31. The highest BCUT2D eigenvalue weighted by Gasteiger charge is 2.68. The number of nitrogens with one attached hydrogen (secondary N) is 1. The van der Waals surface area contributed by atoms with Gasteiger partial charge in [-0.3, -0.25) is 19.7 Å². The zero-order valence-electron chi connectivity index (χ0n) is 20.2. The summed E-state index contributed by atoms with van der Waals surface area (Å²) < 4.78 is 24.3. The zero-order valence-corrected chi connectivity index (χ0v) is 20.2. The van der Waals surface area contributed by atoms with Gasteiger partial charge in [0.25, 0.3) is 0 Å². The van der Waals surface area contributed by atoms with Crippen LogP contribution in [0.5, 0.6) is 11.5 Å². The van der Waals surface area contributed by atoms with Crippen LogP contribution < -0.4 is 19.7 Å². The van der Waals surface area contributed by atoms with Gasteiger partial charge in [-0.25, -0.2) is 9.29 Å². The van der Waals surface area contributed by atoms with E-state index in [1.54, 1.807) is 42.5 Å². The molecule has 2 N–H and O–H groups in total. The molecular weight excluding hydrogens is 479 g/mol. The van der Waals surface area contributed by atoms with Crippen LogP contribution in [0.2, 0.25) is 0 Å². The maximum atomic E-state index is 13.9. The summed E-state index contributed by atoms with van der Waals surface area (Å²) >= 11 is 0. The van der Waals surface area contributed by atoms with Crippen LogP contribution in [-0.4, -0.2) is 42.6 Å². The third-order valence-electron chi connectivity index (χ3n) is 7.21. The highest BCUT2D eigenvalue weighted by Crippen LogP contribution is 2.51. The van der Waals surface area contributed by atoms with Crippen molar-refractivity contribution in [1.82, 2.24) is 5.32 Å². The average molecular weight is 505 g/mol. The minimum absolute atomic E-state index is 0.0234. The van der Waals surface area contributed by atoms with E-state index in [1.165, 1.54) is 26.4 Å². The van der Waals surface area contributed by atoms with E-state index < -0.39 is 47.0 Å². The second-order valence-electron chi connectivity index (χ2n) is 9.17. The van der Waals surface area contributed by atoms with Gasteiger partial charge < -0.3 is 14.6 Å². The van der Waals surface area contributed by atoms with Crippen molar-refractivity contribution < 1.29 is 33.4 Å². The number of hydrogen-bond acceptors (Lipinski definition) is 6. The molecule has 3 aromatic rings. The number of carboxylic acids is 1. The summed E-state index contributed by atoms with van der Waals surface area (Å²) in [5, 5.41) is 13.8. The number of carboxylic acid groups (broad SMARTS) is 1. The maximum Gasteiger partial charge on any atom is 0.325 e. The lowest BCUT2D eigenvalue weighted by Crippen LogP contribution is -2.57. The third-order valence-corrected chi connectivity index (χ3v) is 7.21. The van der Waals surface area contributed by atoms with Crippen LogP contribution in [0.3, 0.4) is 0 Å². The number of aliphatic carboxylic acids is 1. The normalized spacial score (nSPS) is 24.7. The summed E-state index contributed by atoms with van der Waals surface area (Å²) in [6.45, 7) is 0. The van der Waals surface area contributed by atoms with Gasteiger partial charge in [-0.2, -0.15) is 0 Å². The lowest BCUT2D eigenvalue weighted by molar-refractivity contribution is -0.148. The molecule has 0 aliphatic carbocycles. The fourth-order valence-corrected chi connectivity index (χ4v) is 5.53. The Hall–Kier alpha value is -4.24. The van der Waals surface area contributed by atoms with E-state index in [4.69, 9.17) is 9.47 Å². The molecule has 2 aliphatic heterocycles. The van der Waals surface area contributed by atoms with Gasteiger partial charge in [-0.05, 0) is 47.5 Å². The Bertz CT molecular complexity index is 1360. The standard InChI is InChI=1S/C28H25FN2O6/c1-36-20-13-8-17(14-21(20)37-2)24-22-23(26(33)31(25(22)32)19-11-9-18(29)10-12-19)28(30-24,27(34)35)15-16-6-4-3-5-7-16/h3-14,22-24,30H,15H2,1-2H3,(H,34,35)/t22-,23+,24+,28+/m1/s1. The molecule has 0 spiro atoms. The number of carbonyl (C=O) groups is 3. The van der Waals surface area contributed by atoms with Gasteiger partial charge >= 0.3 is 5.97 Å². The van der Waals surface area contributed by atoms with Crippen LogP contribution in [0.15, 0.2) is 72.8 Å². The number of amides is 2. The number of benzene rings is 3. The van der Waals surface area contributed by atoms with Gasteiger partial charge in [-0.1, -0.05) is 36.4 Å². The predicted molar refractivity (Wildman–Crippen MR) is 132 cm³/mol. The predicted octanol–water partition coefficient (Wildman–Crippen LogP) is 3.36. The van der Waals surface area contributed by atoms with Gasteiger partial charge in [0.2, 0.25) is 11.8 Å². The topological polar surface area (TPSA) is 105 Å². The Kier molecular flexibility index (Phi) is 6.16. The molecule has 2 saturated heterocycles. The number of anilines is 1. The molecule has 37 heavy (non-hydrogen) atoms. The van der Waals surface area contributed by atoms with E-state index in [0.29, 0.717) is 22.6 Å². The fourth-order valence-electron chi connectivity index (χ4n) is 5.53. The third kappa shape index (κ3) is 3.92. The Morgan fingerprint density at radius 2 is 1.65 bits per heavy atom. The fraction of sp³-hybridized carbons (Fsp3) is 0.250. The molecule has 2 aliphatic rings. The molecule has 9 heteroatoms. The van der Waals surface area contributed by atoms with Crippen molar-refractivity contribution in [3.8, 4) is 11.5 Å². The average Bonchev–Trinajstić information content (AvgIpc) is 3.38. The maximum absolute atomic E-state index is 13.9. The quantitative estimate of drug-likeness (QED) is 0.476. The van der Waals surface area contributed by atoms with Gasteiger partial charge in [0.1, 0.15) is 11.4 Å². The monoisotopic (exact) mass is 504 g/mol. The summed E-state index contributed by atoms with van der Waals surface area (Å²) in [7, 11) is 2.97. The molecule has 0 bridgehead atoms. The second-order valence-corrected chi connectivity index (χ2v) is 9.17. The van der Waals surface area contributed by atoms with Crippen LogP contribution in [0.25, 0.3) is 0 Å². The van der Waals surface area contributed by atoms with Crippen molar-refractivity contribution in [3.63, 3.8) is 0 Å². The zero-order chi connectivity index (χ0) is 26.3. The Balaban J connectivity index is 1.66. The van der Waals surface area contributed by atoms with Crippen molar-refractivity contribution in [1.29, 1.82) is 0 Å². The number of halogens is 1. The molecular formula is C28H25FN2O6. The molecule has 2 amide bonds. The summed E-state index contributed by atoms with van der Waals surface area (Å²) in [5.74, 6) is -4.30. The number of imide groups is 1. The highest BCUT2D eigenvalue weighted by atomic mass is 19.1. The molecule has 2 fully saturated rings. The van der Waals surface area contributed by atoms with E-state index in [-0.39, 0.29) is 12.1 Å². The van der Waals surface area contributed by atoms with E-state index in [2.05, 4.69) is 5.32 Å². The lowest BCUT2D eigenvalue weighted by atomic mass is 9.76. The number of ether oxygens (including phenoxy) is 2. The smallest absolute Gasteiger partial charge is 0.325 e. The molecule has 0 aromatic heterocycles. The van der Waals surface area contributed by atoms with E-state index >= 15 is 0 Å². The summed E-state index contributed by atoms with van der Waals surface area (Å²) in [6, 6.07) is 18.2. The number of nitrogens with zero attached hydrogens (tertiary/aromatic N) is 1. The molecule has 8 nitrogen and oxygen atoms in total. The van der Waals surface area contributed by atoms with Crippen LogP contribution in [0.1, 0.15) is 17.2 Å². The van der Waals surface area contributed by atoms with Crippen LogP contribution >= 0.6 is 0 Å². The van der Waals surface area contributed by atoms with E-state index in [9.17, 15) is 23.9 Å². The SMILES string of the molecule is COc1ccc([C@@H]2N[C@](Cc3ccccc3)(C(=O)O)[C@@H]3C(=O)N(c4ccc(F)cc4)C(=O)[C@H]32)cc1OC. The molecule has 0 unspecified atom stereocenters. The van der Waals surface area contributed by atoms with Gasteiger partial charge in [0, 0.05) is 12.5 Å². The Morgan fingerprint density at radius 1 is 0.973 bits per heavy atom. The van der Waals surface area contributed by atoms with Gasteiger partial charge in [0.15, 0.2) is 11.5 Å². The number of fused-ring (bicyclic) bond motifs is 1. The molecule has 2 heterocycles. The first-order valence-corrected chi connectivity index (χ1v) is 11.7. The first kappa shape index (κ1) is 24.5. The Morgan fingerprint density at radius 3 is 2.27 bits per heavy atom. The molecule has 5 rings (SSSR count). The highest BCUT2D eigenvalue weighted by molar-refractivity contribution is 6.24. The number of carbonyl (C=O) groups excluding carboxylic acids is 2.